The monoisotopic (exact) mass is 368 g/mol. The lowest BCUT2D eigenvalue weighted by molar-refractivity contribution is -0.139. The lowest BCUT2D eigenvalue weighted by Gasteiger charge is -2.11. The van der Waals surface area contributed by atoms with E-state index in [0.717, 1.165) is 12.8 Å². The third-order valence-electron chi connectivity index (χ3n) is 5.30. The molecular formula is C21H40N2O3. The molecule has 1 rings (SSSR count). The third-order valence-corrected chi connectivity index (χ3v) is 5.30. The van der Waals surface area contributed by atoms with Crippen LogP contribution in [-0.2, 0) is 9.59 Å². The summed E-state index contributed by atoms with van der Waals surface area (Å²) in [5.74, 6) is -0.774. The highest BCUT2D eigenvalue weighted by molar-refractivity contribution is 5.77. The van der Waals surface area contributed by atoms with Crippen LogP contribution in [0, 0.1) is 0 Å². The van der Waals surface area contributed by atoms with Gasteiger partial charge in [0.15, 0.2) is 0 Å². The maximum Gasteiger partial charge on any atom is 0.320 e. The van der Waals surface area contributed by atoms with E-state index in [1.807, 2.05) is 0 Å². The van der Waals surface area contributed by atoms with Gasteiger partial charge in [-0.25, -0.2) is 0 Å². The van der Waals surface area contributed by atoms with E-state index in [-0.39, 0.29) is 11.9 Å². The molecule has 0 aromatic rings. The summed E-state index contributed by atoms with van der Waals surface area (Å²) in [6.07, 6.45) is 18.0. The summed E-state index contributed by atoms with van der Waals surface area (Å²) in [6.45, 7) is 2.82. The van der Waals surface area contributed by atoms with Crippen LogP contribution in [0.25, 0.3) is 0 Å². The standard InChI is InChI=1S/C21H40N2O3/c1-2-3-4-5-6-7-8-9-10-11-12-13-14-15-20(24)23-18-16-19(21(25)26)22-17-18/h18-19,22H,2-17H2,1H3,(H,23,24)(H,25,26)/t18-,19-/m0/s1. The normalized spacial score (nSPS) is 19.6. The zero-order valence-corrected chi connectivity index (χ0v) is 16.7. The van der Waals surface area contributed by atoms with E-state index in [4.69, 9.17) is 5.11 Å². The van der Waals surface area contributed by atoms with Gasteiger partial charge in [-0.05, 0) is 12.8 Å². The van der Waals surface area contributed by atoms with Crippen LogP contribution in [0.2, 0.25) is 0 Å². The van der Waals surface area contributed by atoms with Gasteiger partial charge in [0.05, 0.1) is 0 Å². The number of hydrogen-bond donors (Lipinski definition) is 3. The van der Waals surface area contributed by atoms with E-state index in [9.17, 15) is 9.59 Å². The van der Waals surface area contributed by atoms with Crippen molar-refractivity contribution in [1.29, 1.82) is 0 Å². The smallest absolute Gasteiger partial charge is 0.320 e. The van der Waals surface area contributed by atoms with Crippen LogP contribution in [0.3, 0.4) is 0 Å². The average Bonchev–Trinajstić information content (AvgIpc) is 3.07. The first-order valence-electron chi connectivity index (χ1n) is 10.9. The van der Waals surface area contributed by atoms with Gasteiger partial charge in [-0.15, -0.1) is 0 Å². The Kier molecular flexibility index (Phi) is 13.2. The molecule has 3 N–H and O–H groups in total. The van der Waals surface area contributed by atoms with Gasteiger partial charge in [-0.3, -0.25) is 9.59 Å². The second kappa shape index (κ2) is 15.0. The SMILES string of the molecule is CCCCCCCCCCCCCCCC(=O)N[C@@H]1CN[C@H](C(=O)O)C1. The lowest BCUT2D eigenvalue weighted by Crippen LogP contribution is -2.35. The minimum atomic E-state index is -0.835. The molecule has 0 unspecified atom stereocenters. The van der Waals surface area contributed by atoms with Crippen LogP contribution in [0.15, 0.2) is 0 Å². The number of carbonyl (C=O) groups is 2. The molecule has 5 nitrogen and oxygen atoms in total. The molecule has 1 saturated heterocycles. The van der Waals surface area contributed by atoms with Crippen LogP contribution in [0.5, 0.6) is 0 Å². The molecule has 5 heteroatoms. The van der Waals surface area contributed by atoms with E-state index in [2.05, 4.69) is 17.6 Å². The number of carboxylic acids is 1. The predicted molar refractivity (Wildman–Crippen MR) is 106 cm³/mol. The number of aliphatic carboxylic acids is 1. The molecule has 0 spiro atoms. The van der Waals surface area contributed by atoms with Crippen molar-refractivity contribution < 1.29 is 14.7 Å². The highest BCUT2D eigenvalue weighted by atomic mass is 16.4. The zero-order chi connectivity index (χ0) is 19.0. The maximum atomic E-state index is 11.9. The molecule has 1 aliphatic rings. The van der Waals surface area contributed by atoms with Crippen molar-refractivity contribution in [3.8, 4) is 0 Å². The number of unbranched alkanes of at least 4 members (excludes halogenated alkanes) is 12. The molecule has 0 aromatic carbocycles. The summed E-state index contributed by atoms with van der Waals surface area (Å²) in [6, 6.07) is -0.554. The summed E-state index contributed by atoms with van der Waals surface area (Å²) in [7, 11) is 0. The van der Waals surface area contributed by atoms with Gasteiger partial charge in [0, 0.05) is 19.0 Å². The molecule has 0 aliphatic carbocycles. The number of hydrogen-bond acceptors (Lipinski definition) is 3. The van der Waals surface area contributed by atoms with E-state index >= 15 is 0 Å². The Morgan fingerprint density at radius 2 is 1.38 bits per heavy atom. The molecule has 26 heavy (non-hydrogen) atoms. The number of rotatable bonds is 16. The molecule has 0 bridgehead atoms. The van der Waals surface area contributed by atoms with E-state index < -0.39 is 12.0 Å². The molecule has 1 aliphatic heterocycles. The van der Waals surface area contributed by atoms with Crippen LogP contribution >= 0.6 is 0 Å². The molecule has 0 radical (unpaired) electrons. The van der Waals surface area contributed by atoms with Crippen molar-refractivity contribution in [1.82, 2.24) is 10.6 Å². The summed E-state index contributed by atoms with van der Waals surface area (Å²) >= 11 is 0. The quantitative estimate of drug-likeness (QED) is 0.353. The Hall–Kier alpha value is -1.10. The first-order valence-corrected chi connectivity index (χ1v) is 10.9. The number of carboxylic acid groups (broad SMARTS) is 1. The fourth-order valence-corrected chi connectivity index (χ4v) is 3.64. The van der Waals surface area contributed by atoms with Crippen molar-refractivity contribution in [2.24, 2.45) is 0 Å². The second-order valence-corrected chi connectivity index (χ2v) is 7.79. The summed E-state index contributed by atoms with van der Waals surface area (Å²) in [5.41, 5.74) is 0. The largest absolute Gasteiger partial charge is 0.480 e. The summed E-state index contributed by atoms with van der Waals surface area (Å²) in [4.78, 5) is 22.8. The Morgan fingerprint density at radius 1 is 0.885 bits per heavy atom. The Morgan fingerprint density at radius 3 is 1.85 bits per heavy atom. The van der Waals surface area contributed by atoms with E-state index in [0.29, 0.717) is 19.4 Å². The topological polar surface area (TPSA) is 78.4 Å². The fourth-order valence-electron chi connectivity index (χ4n) is 3.64. The predicted octanol–water partition coefficient (Wildman–Crippen LogP) is 4.40. The van der Waals surface area contributed by atoms with Crippen molar-refractivity contribution in [3.63, 3.8) is 0 Å². The number of carbonyl (C=O) groups excluding carboxylic acids is 1. The average molecular weight is 369 g/mol. The second-order valence-electron chi connectivity index (χ2n) is 7.79. The molecule has 0 aromatic heterocycles. The molecule has 0 saturated carbocycles. The third kappa shape index (κ3) is 11.5. The van der Waals surface area contributed by atoms with Gasteiger partial charge < -0.3 is 15.7 Å². The molecule has 1 amide bonds. The van der Waals surface area contributed by atoms with Gasteiger partial charge in [-0.2, -0.15) is 0 Å². The summed E-state index contributed by atoms with van der Waals surface area (Å²) < 4.78 is 0. The first kappa shape index (κ1) is 22.9. The minimum absolute atomic E-state index is 0.0365. The number of amides is 1. The molecule has 152 valence electrons. The van der Waals surface area contributed by atoms with Crippen molar-refractivity contribution in [2.45, 2.75) is 115 Å². The van der Waals surface area contributed by atoms with Gasteiger partial charge in [0.1, 0.15) is 6.04 Å². The van der Waals surface area contributed by atoms with Gasteiger partial charge in [0.25, 0.3) is 0 Å². The Bertz CT molecular complexity index is 387. The van der Waals surface area contributed by atoms with Crippen LogP contribution in [0.1, 0.15) is 103 Å². The molecule has 1 fully saturated rings. The van der Waals surface area contributed by atoms with Crippen molar-refractivity contribution in [2.75, 3.05) is 6.54 Å². The number of nitrogens with one attached hydrogen (secondary N) is 2. The fraction of sp³-hybridized carbons (Fsp3) is 0.905. The van der Waals surface area contributed by atoms with Crippen LogP contribution in [0.4, 0.5) is 0 Å². The zero-order valence-electron chi connectivity index (χ0n) is 16.7. The van der Waals surface area contributed by atoms with Crippen molar-refractivity contribution in [3.05, 3.63) is 0 Å². The first-order chi connectivity index (χ1) is 12.6. The van der Waals surface area contributed by atoms with E-state index in [1.165, 1.54) is 70.6 Å². The summed E-state index contributed by atoms with van der Waals surface area (Å²) in [5, 5.41) is 14.8. The Balaban J connectivity index is 1.83. The highest BCUT2D eigenvalue weighted by Gasteiger charge is 2.29. The van der Waals surface area contributed by atoms with Crippen LogP contribution < -0.4 is 10.6 Å². The lowest BCUT2D eigenvalue weighted by atomic mass is 10.0. The van der Waals surface area contributed by atoms with Crippen molar-refractivity contribution >= 4 is 11.9 Å². The van der Waals surface area contributed by atoms with Gasteiger partial charge in [-0.1, -0.05) is 84.0 Å². The van der Waals surface area contributed by atoms with Gasteiger partial charge in [0.2, 0.25) is 5.91 Å². The maximum absolute atomic E-state index is 11.9. The Labute approximate surface area is 159 Å². The highest BCUT2D eigenvalue weighted by Crippen LogP contribution is 2.13. The van der Waals surface area contributed by atoms with Gasteiger partial charge >= 0.3 is 5.97 Å². The van der Waals surface area contributed by atoms with Crippen LogP contribution in [-0.4, -0.2) is 35.6 Å². The minimum Gasteiger partial charge on any atom is -0.480 e. The molecule has 1 heterocycles. The molecular weight excluding hydrogens is 328 g/mol. The molecule has 2 atom stereocenters. The van der Waals surface area contributed by atoms with E-state index in [1.54, 1.807) is 0 Å².